The van der Waals surface area contributed by atoms with Crippen molar-refractivity contribution in [3.05, 3.63) is 41.1 Å². The summed E-state index contributed by atoms with van der Waals surface area (Å²) < 4.78 is 38.2. The van der Waals surface area contributed by atoms with Crippen LogP contribution in [-0.2, 0) is 12.6 Å². The second kappa shape index (κ2) is 5.40. The third-order valence-corrected chi connectivity index (χ3v) is 3.36. The number of hydrogen-bond acceptors (Lipinski definition) is 2. The maximum absolute atomic E-state index is 12.7. The Labute approximate surface area is 115 Å². The van der Waals surface area contributed by atoms with Gasteiger partial charge in [0.15, 0.2) is 0 Å². The van der Waals surface area contributed by atoms with Crippen LogP contribution in [-0.4, -0.2) is 11.5 Å². The maximum Gasteiger partial charge on any atom is 0.416 e. The van der Waals surface area contributed by atoms with Gasteiger partial charge in [-0.2, -0.15) is 13.2 Å². The van der Waals surface area contributed by atoms with Crippen LogP contribution < -0.4 is 5.73 Å². The number of alkyl halides is 3. The van der Waals surface area contributed by atoms with E-state index >= 15 is 0 Å². The molecule has 1 aromatic heterocycles. The van der Waals surface area contributed by atoms with E-state index in [1.807, 2.05) is 19.9 Å². The molecule has 0 aliphatic rings. The first-order chi connectivity index (χ1) is 9.31. The van der Waals surface area contributed by atoms with Gasteiger partial charge >= 0.3 is 6.18 Å². The summed E-state index contributed by atoms with van der Waals surface area (Å²) >= 11 is 0. The predicted octanol–water partition coefficient (Wildman–Crippen LogP) is 3.70. The van der Waals surface area contributed by atoms with Crippen LogP contribution >= 0.6 is 0 Å². The fourth-order valence-electron chi connectivity index (χ4n) is 2.19. The molecule has 0 aliphatic carbocycles. The van der Waals surface area contributed by atoms with E-state index in [1.54, 1.807) is 0 Å². The highest BCUT2D eigenvalue weighted by Gasteiger charge is 2.30. The van der Waals surface area contributed by atoms with Crippen molar-refractivity contribution in [1.29, 1.82) is 0 Å². The Bertz CT molecular complexity index is 620. The van der Waals surface area contributed by atoms with Gasteiger partial charge in [-0.05, 0) is 49.6 Å². The van der Waals surface area contributed by atoms with Crippen LogP contribution in [0.2, 0.25) is 0 Å². The highest BCUT2D eigenvalue weighted by Crippen LogP contribution is 2.31. The van der Waals surface area contributed by atoms with Crippen LogP contribution in [0, 0.1) is 12.8 Å². The van der Waals surface area contributed by atoms with Crippen molar-refractivity contribution < 1.29 is 13.2 Å². The number of pyridine rings is 1. The van der Waals surface area contributed by atoms with E-state index in [4.69, 9.17) is 5.73 Å². The molecule has 5 heteroatoms. The van der Waals surface area contributed by atoms with Gasteiger partial charge in [0.25, 0.3) is 0 Å². The van der Waals surface area contributed by atoms with Crippen molar-refractivity contribution >= 4 is 10.9 Å². The minimum absolute atomic E-state index is 0.255. The summed E-state index contributed by atoms with van der Waals surface area (Å²) in [6, 6.07) is 5.61. The summed E-state index contributed by atoms with van der Waals surface area (Å²) in [5, 5.41) is 0.752. The summed E-state index contributed by atoms with van der Waals surface area (Å²) in [5.41, 5.74) is 7.02. The molecule has 0 saturated carbocycles. The van der Waals surface area contributed by atoms with Crippen LogP contribution in [0.15, 0.2) is 24.3 Å². The Morgan fingerprint density at radius 1 is 1.25 bits per heavy atom. The van der Waals surface area contributed by atoms with Crippen LogP contribution in [0.25, 0.3) is 10.9 Å². The number of nitrogens with zero attached hydrogens (tertiary/aromatic N) is 1. The van der Waals surface area contributed by atoms with E-state index in [2.05, 4.69) is 4.98 Å². The molecule has 1 aromatic carbocycles. The summed E-state index contributed by atoms with van der Waals surface area (Å²) in [6.07, 6.45) is -3.67. The zero-order valence-corrected chi connectivity index (χ0v) is 11.5. The Morgan fingerprint density at radius 2 is 1.95 bits per heavy atom. The lowest BCUT2D eigenvalue weighted by molar-refractivity contribution is -0.137. The third kappa shape index (κ3) is 3.10. The average Bonchev–Trinajstić information content (AvgIpc) is 2.36. The molecule has 0 spiro atoms. The second-order valence-corrected chi connectivity index (χ2v) is 5.21. The van der Waals surface area contributed by atoms with Crippen molar-refractivity contribution in [2.45, 2.75) is 26.4 Å². The highest BCUT2D eigenvalue weighted by atomic mass is 19.4. The third-order valence-electron chi connectivity index (χ3n) is 3.36. The van der Waals surface area contributed by atoms with E-state index in [0.29, 0.717) is 18.5 Å². The first-order valence-corrected chi connectivity index (χ1v) is 6.49. The normalized spacial score (nSPS) is 13.7. The lowest BCUT2D eigenvalue weighted by Gasteiger charge is -2.12. The molecule has 0 radical (unpaired) electrons. The van der Waals surface area contributed by atoms with Crippen molar-refractivity contribution in [2.75, 3.05) is 6.54 Å². The van der Waals surface area contributed by atoms with E-state index in [-0.39, 0.29) is 5.92 Å². The molecule has 1 unspecified atom stereocenters. The van der Waals surface area contributed by atoms with Crippen molar-refractivity contribution in [3.63, 3.8) is 0 Å². The standard InChI is InChI=1S/C15H17F3N2/c1-9(8-19)5-12-6-10(2)13-4-3-11(15(16,17)18)7-14(13)20-12/h3-4,6-7,9H,5,8,19H2,1-2H3. The van der Waals surface area contributed by atoms with Crippen LogP contribution in [0.5, 0.6) is 0 Å². The van der Waals surface area contributed by atoms with E-state index in [0.717, 1.165) is 28.8 Å². The van der Waals surface area contributed by atoms with Gasteiger partial charge in [0.1, 0.15) is 0 Å². The molecule has 2 N–H and O–H groups in total. The number of aryl methyl sites for hydroxylation is 1. The molecular weight excluding hydrogens is 265 g/mol. The zero-order chi connectivity index (χ0) is 14.9. The molecule has 2 aromatic rings. The number of fused-ring (bicyclic) bond motifs is 1. The van der Waals surface area contributed by atoms with Crippen molar-refractivity contribution in [1.82, 2.24) is 4.98 Å². The van der Waals surface area contributed by atoms with E-state index < -0.39 is 11.7 Å². The van der Waals surface area contributed by atoms with Crippen molar-refractivity contribution in [2.24, 2.45) is 11.7 Å². The molecule has 0 fully saturated rings. The minimum Gasteiger partial charge on any atom is -0.330 e. The predicted molar refractivity (Wildman–Crippen MR) is 73.4 cm³/mol. The van der Waals surface area contributed by atoms with E-state index in [1.165, 1.54) is 6.07 Å². The molecule has 0 bridgehead atoms. The number of halogens is 3. The summed E-state index contributed by atoms with van der Waals surface area (Å²) in [4.78, 5) is 4.34. The number of aromatic nitrogens is 1. The maximum atomic E-state index is 12.7. The minimum atomic E-state index is -4.34. The number of hydrogen-bond donors (Lipinski definition) is 1. The van der Waals surface area contributed by atoms with Gasteiger partial charge in [-0.25, -0.2) is 0 Å². The molecule has 2 nitrogen and oxygen atoms in total. The molecule has 0 saturated heterocycles. The Balaban J connectivity index is 2.50. The zero-order valence-electron chi connectivity index (χ0n) is 11.5. The number of rotatable bonds is 3. The van der Waals surface area contributed by atoms with Gasteiger partial charge in [0.05, 0.1) is 11.1 Å². The monoisotopic (exact) mass is 282 g/mol. The van der Waals surface area contributed by atoms with Crippen molar-refractivity contribution in [3.8, 4) is 0 Å². The van der Waals surface area contributed by atoms with Gasteiger partial charge in [-0.1, -0.05) is 13.0 Å². The Kier molecular flexibility index (Phi) is 3.99. The molecule has 1 heterocycles. The lowest BCUT2D eigenvalue weighted by Crippen LogP contribution is -2.14. The molecular formula is C15H17F3N2. The van der Waals surface area contributed by atoms with Gasteiger partial charge in [0, 0.05) is 11.1 Å². The Hall–Kier alpha value is -1.62. The molecule has 2 rings (SSSR count). The molecule has 0 aliphatic heterocycles. The highest BCUT2D eigenvalue weighted by molar-refractivity contribution is 5.83. The van der Waals surface area contributed by atoms with Crippen LogP contribution in [0.3, 0.4) is 0 Å². The van der Waals surface area contributed by atoms with Gasteiger partial charge in [0.2, 0.25) is 0 Å². The van der Waals surface area contributed by atoms with Gasteiger partial charge < -0.3 is 5.73 Å². The van der Waals surface area contributed by atoms with E-state index in [9.17, 15) is 13.2 Å². The van der Waals surface area contributed by atoms with Gasteiger partial charge in [-0.15, -0.1) is 0 Å². The second-order valence-electron chi connectivity index (χ2n) is 5.21. The molecule has 108 valence electrons. The number of benzene rings is 1. The first-order valence-electron chi connectivity index (χ1n) is 6.49. The first kappa shape index (κ1) is 14.8. The number of nitrogens with two attached hydrogens (primary N) is 1. The fraction of sp³-hybridized carbons (Fsp3) is 0.400. The topological polar surface area (TPSA) is 38.9 Å². The quantitative estimate of drug-likeness (QED) is 0.932. The lowest BCUT2D eigenvalue weighted by atomic mass is 10.0. The smallest absolute Gasteiger partial charge is 0.330 e. The largest absolute Gasteiger partial charge is 0.416 e. The average molecular weight is 282 g/mol. The Morgan fingerprint density at radius 3 is 2.55 bits per heavy atom. The van der Waals surface area contributed by atoms with Crippen LogP contribution in [0.4, 0.5) is 13.2 Å². The van der Waals surface area contributed by atoms with Crippen LogP contribution in [0.1, 0.15) is 23.7 Å². The summed E-state index contributed by atoms with van der Waals surface area (Å²) in [7, 11) is 0. The SMILES string of the molecule is Cc1cc(CC(C)CN)nc2cc(C(F)(F)F)ccc12. The molecule has 1 atom stereocenters. The molecule has 0 amide bonds. The summed E-state index contributed by atoms with van der Waals surface area (Å²) in [5.74, 6) is 0.255. The fourth-order valence-corrected chi connectivity index (χ4v) is 2.19. The summed E-state index contributed by atoms with van der Waals surface area (Å²) in [6.45, 7) is 4.41. The van der Waals surface area contributed by atoms with Gasteiger partial charge in [-0.3, -0.25) is 4.98 Å². The molecule has 20 heavy (non-hydrogen) atoms.